The van der Waals surface area contributed by atoms with Gasteiger partial charge in [-0.3, -0.25) is 34.4 Å². The highest BCUT2D eigenvalue weighted by Gasteiger charge is 2.49. The molecule has 5 amide bonds. The monoisotopic (exact) mass is 830 g/mol. The number of nitrogens with zero attached hydrogens (tertiary/aromatic N) is 9. The quantitative estimate of drug-likeness (QED) is 0.227. The number of piperazine rings is 1. The van der Waals surface area contributed by atoms with E-state index < -0.39 is 23.9 Å². The summed E-state index contributed by atoms with van der Waals surface area (Å²) in [5, 5.41) is 10.4. The zero-order valence-corrected chi connectivity index (χ0v) is 33.3. The van der Waals surface area contributed by atoms with Gasteiger partial charge in [-0.15, -0.1) is 5.10 Å². The molecule has 0 aliphatic carbocycles. The lowest BCUT2D eigenvalue weighted by atomic mass is 9.93. The lowest BCUT2D eigenvalue weighted by Gasteiger charge is -2.48. The number of alkyl halides is 2. The molecular weight excluding hydrogens is 786 g/mol. The predicted molar refractivity (Wildman–Crippen MR) is 218 cm³/mol. The number of imidazole rings is 1. The molecule has 59 heavy (non-hydrogen) atoms. The van der Waals surface area contributed by atoms with Crippen LogP contribution in [0.1, 0.15) is 39.3 Å². The van der Waals surface area contributed by atoms with Crippen molar-refractivity contribution in [3.05, 3.63) is 70.5 Å². The van der Waals surface area contributed by atoms with E-state index in [1.54, 1.807) is 30.1 Å². The summed E-state index contributed by atoms with van der Waals surface area (Å²) in [6, 6.07) is 11.3. The molecule has 4 aromatic rings. The zero-order chi connectivity index (χ0) is 41.2. The van der Waals surface area contributed by atoms with Crippen molar-refractivity contribution in [2.24, 2.45) is 11.7 Å². The number of halogens is 3. The van der Waals surface area contributed by atoms with Crippen molar-refractivity contribution in [2.45, 2.75) is 31.2 Å². The number of nitrogens with two attached hydrogens (primary N) is 1. The molecule has 4 fully saturated rings. The van der Waals surface area contributed by atoms with E-state index in [-0.39, 0.29) is 48.0 Å². The van der Waals surface area contributed by atoms with Crippen molar-refractivity contribution in [3.8, 4) is 0 Å². The fourth-order valence-electron chi connectivity index (χ4n) is 9.31. The third kappa shape index (κ3) is 7.16. The molecule has 5 aliphatic rings. The number of imide groups is 1. The number of carbonyl (C=O) groups is 4. The number of rotatable bonds is 9. The number of aromatic nitrogens is 3. The van der Waals surface area contributed by atoms with Crippen molar-refractivity contribution in [3.63, 3.8) is 0 Å². The number of hydrogen-bond acceptors (Lipinski definition) is 11. The summed E-state index contributed by atoms with van der Waals surface area (Å²) < 4.78 is 33.2. The Labute approximate surface area is 343 Å². The minimum atomic E-state index is -2.90. The number of primary amides is 1. The molecule has 16 nitrogen and oxygen atoms in total. The highest BCUT2D eigenvalue weighted by molar-refractivity contribution is 6.34. The van der Waals surface area contributed by atoms with Crippen molar-refractivity contribution in [2.75, 3.05) is 99.1 Å². The summed E-state index contributed by atoms with van der Waals surface area (Å²) in [4.78, 5) is 65.1. The van der Waals surface area contributed by atoms with E-state index in [0.29, 0.717) is 74.9 Å². The number of urea groups is 1. The zero-order valence-electron chi connectivity index (χ0n) is 32.5. The van der Waals surface area contributed by atoms with Gasteiger partial charge < -0.3 is 25.8 Å². The number of amides is 5. The minimum Gasteiger partial charge on any atom is -0.385 e. The number of fused-ring (bicyclic) bond motifs is 2. The van der Waals surface area contributed by atoms with Crippen LogP contribution in [0.25, 0.3) is 5.65 Å². The summed E-state index contributed by atoms with van der Waals surface area (Å²) in [7, 11) is 1.79. The Morgan fingerprint density at radius 3 is 2.46 bits per heavy atom. The Hall–Kier alpha value is -5.59. The fourth-order valence-corrected chi connectivity index (χ4v) is 9.53. The van der Waals surface area contributed by atoms with Crippen LogP contribution in [0.15, 0.2) is 48.7 Å². The van der Waals surface area contributed by atoms with Crippen LogP contribution >= 0.6 is 11.6 Å². The first kappa shape index (κ1) is 38.9. The van der Waals surface area contributed by atoms with Crippen LogP contribution in [0.5, 0.6) is 0 Å². The number of anilines is 5. The fraction of sp³-hybridized carbons (Fsp3) is 0.450. The number of carbonyl (C=O) groups excluding carboxylic acids is 4. The van der Waals surface area contributed by atoms with Crippen LogP contribution in [0.4, 0.5) is 42.1 Å². The maximum Gasteiger partial charge on any atom is 0.328 e. The van der Waals surface area contributed by atoms with Crippen LogP contribution < -0.4 is 31.1 Å². The highest BCUT2D eigenvalue weighted by atomic mass is 35.5. The van der Waals surface area contributed by atoms with Gasteiger partial charge in [0.05, 0.1) is 35.2 Å². The van der Waals surface area contributed by atoms with Gasteiger partial charge in [0, 0.05) is 113 Å². The molecule has 2 aromatic heterocycles. The third-order valence-electron chi connectivity index (χ3n) is 12.3. The van der Waals surface area contributed by atoms with E-state index in [1.807, 2.05) is 21.9 Å². The van der Waals surface area contributed by atoms with Crippen LogP contribution in [0.2, 0.25) is 5.02 Å². The van der Waals surface area contributed by atoms with Crippen LogP contribution in [0.3, 0.4) is 0 Å². The molecule has 0 saturated carbocycles. The molecule has 4 N–H and O–H groups in total. The summed E-state index contributed by atoms with van der Waals surface area (Å²) in [6.45, 7) is 4.56. The summed E-state index contributed by atoms with van der Waals surface area (Å²) in [5.41, 5.74) is 11.1. The molecule has 2 aromatic carbocycles. The molecule has 1 unspecified atom stereocenters. The highest BCUT2D eigenvalue weighted by Crippen LogP contribution is 2.42. The van der Waals surface area contributed by atoms with Crippen LogP contribution in [0, 0.1) is 5.92 Å². The van der Waals surface area contributed by atoms with E-state index in [4.69, 9.17) is 22.4 Å². The lowest BCUT2D eigenvalue weighted by Crippen LogP contribution is -2.63. The van der Waals surface area contributed by atoms with Gasteiger partial charge in [0.25, 0.3) is 17.7 Å². The third-order valence-corrected chi connectivity index (χ3v) is 12.6. The molecule has 5 aliphatic heterocycles. The molecule has 310 valence electrons. The molecule has 0 bridgehead atoms. The van der Waals surface area contributed by atoms with Gasteiger partial charge in [-0.25, -0.2) is 23.1 Å². The smallest absolute Gasteiger partial charge is 0.328 e. The van der Waals surface area contributed by atoms with Gasteiger partial charge in [0.2, 0.25) is 5.91 Å². The lowest BCUT2D eigenvalue weighted by molar-refractivity contribution is -0.134. The average Bonchev–Trinajstić information content (AvgIpc) is 3.84. The largest absolute Gasteiger partial charge is 0.385 e. The summed E-state index contributed by atoms with van der Waals surface area (Å²) in [5.74, 6) is -3.23. The van der Waals surface area contributed by atoms with Crippen LogP contribution in [-0.2, 0) is 11.2 Å². The van der Waals surface area contributed by atoms with Crippen molar-refractivity contribution >= 4 is 69.6 Å². The number of hydrogen-bond donors (Lipinski definition) is 3. The van der Waals surface area contributed by atoms with Crippen LogP contribution in [-0.4, -0.2) is 144 Å². The Bertz CT molecular complexity index is 2350. The van der Waals surface area contributed by atoms with Crippen molar-refractivity contribution in [1.82, 2.24) is 34.6 Å². The Morgan fingerprint density at radius 2 is 1.73 bits per heavy atom. The van der Waals surface area contributed by atoms with Gasteiger partial charge in [-0.1, -0.05) is 17.7 Å². The second-order valence-electron chi connectivity index (χ2n) is 15.9. The van der Waals surface area contributed by atoms with E-state index in [1.165, 1.54) is 21.2 Å². The number of piperidine rings is 1. The Morgan fingerprint density at radius 1 is 0.966 bits per heavy atom. The molecule has 0 radical (unpaired) electrons. The maximum atomic E-state index is 15.9. The van der Waals surface area contributed by atoms with E-state index in [9.17, 15) is 19.2 Å². The SMILES string of the molecule is CNc1cc(N2CCc3c(N4CC(CN5CCC(N6CCN(C(=O)c7ccc(Cl)c(N8CCC(=O)NC8=O)c7)CC6)C(F)(F)C5)C4)cccc32)nn2c(C(N)=O)cnc12. The van der Waals surface area contributed by atoms with Crippen molar-refractivity contribution in [1.29, 1.82) is 0 Å². The minimum absolute atomic E-state index is 0.119. The first-order valence-corrected chi connectivity index (χ1v) is 20.3. The predicted octanol–water partition coefficient (Wildman–Crippen LogP) is 3.27. The van der Waals surface area contributed by atoms with Gasteiger partial charge >= 0.3 is 6.03 Å². The molecule has 4 saturated heterocycles. The van der Waals surface area contributed by atoms with Crippen molar-refractivity contribution < 1.29 is 28.0 Å². The summed E-state index contributed by atoms with van der Waals surface area (Å²) in [6.07, 6.45) is 2.70. The van der Waals surface area contributed by atoms with Gasteiger partial charge in [0.1, 0.15) is 5.69 Å². The Balaban J connectivity index is 0.782. The summed E-state index contributed by atoms with van der Waals surface area (Å²) >= 11 is 6.37. The second-order valence-corrected chi connectivity index (χ2v) is 16.3. The normalized spacial score (nSPS) is 21.5. The maximum absolute atomic E-state index is 15.9. The molecule has 0 spiro atoms. The molecule has 9 rings (SSSR count). The van der Waals surface area contributed by atoms with E-state index >= 15 is 8.78 Å². The molecular formula is C40H45ClF2N12O4. The van der Waals surface area contributed by atoms with Gasteiger partial charge in [-0.2, -0.15) is 0 Å². The molecule has 7 heterocycles. The first-order chi connectivity index (χ1) is 28.4. The molecule has 19 heteroatoms. The van der Waals surface area contributed by atoms with E-state index in [0.717, 1.165) is 36.6 Å². The van der Waals surface area contributed by atoms with Gasteiger partial charge in [0.15, 0.2) is 11.5 Å². The topological polar surface area (TPSA) is 168 Å². The molecule has 1 atom stereocenters. The Kier molecular flexibility index (Phi) is 10.0. The van der Waals surface area contributed by atoms with E-state index in [2.05, 4.69) is 37.6 Å². The number of nitrogens with one attached hydrogen (secondary N) is 2. The number of likely N-dealkylation sites (tertiary alicyclic amines) is 1. The average molecular weight is 831 g/mol. The number of benzene rings is 2. The first-order valence-electron chi connectivity index (χ1n) is 19.9. The standard InChI is InChI=1S/C40H45ClF2N12O4/c1-45-28-18-34(48-55-32(36(44)57)19-46-37(28)55)53-11-7-26-29(3-2-4-30(26)53)52-21-24(22-52)20-49-10-8-33(40(42,43)23-49)50-13-15-51(16-14-50)38(58)25-5-6-27(41)31(17-25)54-12-9-35(56)47-39(54)59/h2-6,17-19,24,33,45H,7-16,20-23H2,1H3,(H2,44,57)(H,47,56,59). The second kappa shape index (κ2) is 15.2. The van der Waals surface area contributed by atoms with Gasteiger partial charge in [-0.05, 0) is 43.2 Å².